The number of carbonyl (C=O) groups is 5. The molecule has 10 heteroatoms. The Bertz CT molecular complexity index is 773. The molecule has 0 unspecified atom stereocenters. The lowest BCUT2D eigenvalue weighted by molar-refractivity contribution is -0.140. The van der Waals surface area contributed by atoms with Crippen LogP contribution in [0.1, 0.15) is 0 Å². The van der Waals surface area contributed by atoms with Gasteiger partial charge in [-0.05, 0) is 24.3 Å². The predicted octanol–water partition coefficient (Wildman–Crippen LogP) is 0.00220. The number of benzene rings is 1. The van der Waals surface area contributed by atoms with Crippen LogP contribution in [0.25, 0.3) is 0 Å². The van der Waals surface area contributed by atoms with Crippen LogP contribution in [0.3, 0.4) is 0 Å². The van der Waals surface area contributed by atoms with Gasteiger partial charge < -0.3 is 10.1 Å². The molecule has 1 fully saturated rings. The summed E-state index contributed by atoms with van der Waals surface area (Å²) in [6.45, 7) is 2.76. The number of nitrogens with zero attached hydrogens (tertiary/aromatic N) is 2. The van der Waals surface area contributed by atoms with Crippen molar-refractivity contribution in [2.75, 3.05) is 25.1 Å². The maximum absolute atomic E-state index is 12.4. The van der Waals surface area contributed by atoms with Crippen LogP contribution in [0.15, 0.2) is 36.9 Å². The first-order valence-corrected chi connectivity index (χ1v) is 7.41. The highest BCUT2D eigenvalue weighted by Gasteiger charge is 2.46. The maximum atomic E-state index is 12.4. The van der Waals surface area contributed by atoms with E-state index >= 15 is 0 Å². The van der Waals surface area contributed by atoms with E-state index in [9.17, 15) is 24.0 Å². The molecule has 1 aromatic rings. The molecule has 0 radical (unpaired) electrons. The van der Waals surface area contributed by atoms with Crippen LogP contribution in [-0.2, 0) is 14.4 Å². The van der Waals surface area contributed by atoms with Gasteiger partial charge in [-0.3, -0.25) is 19.7 Å². The first kappa shape index (κ1) is 18.6. The molecular weight excluding hydrogens is 344 g/mol. The fraction of sp³-hybridized carbons (Fsp3) is 0.188. The second kappa shape index (κ2) is 7.92. The molecular formula is C16H16N4O6. The Kier molecular flexibility index (Phi) is 5.68. The lowest BCUT2D eigenvalue weighted by Gasteiger charge is -2.15. The van der Waals surface area contributed by atoms with E-state index in [1.165, 1.54) is 37.5 Å². The number of anilines is 1. The molecule has 26 heavy (non-hydrogen) atoms. The molecule has 0 atom stereocenters. The SMILES string of the molecule is C=CCNC(=O)NC(=O)CN1C(=O)C(=O)N(c2ccc(OC)cc2)C1=O. The Morgan fingerprint density at radius 2 is 1.81 bits per heavy atom. The lowest BCUT2D eigenvalue weighted by Crippen LogP contribution is -2.46. The molecule has 1 aromatic carbocycles. The van der Waals surface area contributed by atoms with Gasteiger partial charge >= 0.3 is 23.9 Å². The van der Waals surface area contributed by atoms with Crippen LogP contribution < -0.4 is 20.3 Å². The Balaban J connectivity index is 2.08. The maximum Gasteiger partial charge on any atom is 0.339 e. The van der Waals surface area contributed by atoms with Crippen molar-refractivity contribution in [1.82, 2.24) is 15.5 Å². The van der Waals surface area contributed by atoms with Crippen molar-refractivity contribution < 1.29 is 28.7 Å². The minimum Gasteiger partial charge on any atom is -0.497 e. The molecule has 1 aliphatic heterocycles. The number of amides is 7. The average molecular weight is 360 g/mol. The zero-order chi connectivity index (χ0) is 19.3. The van der Waals surface area contributed by atoms with Crippen molar-refractivity contribution in [2.24, 2.45) is 0 Å². The molecule has 1 heterocycles. The van der Waals surface area contributed by atoms with Crippen molar-refractivity contribution in [2.45, 2.75) is 0 Å². The highest BCUT2D eigenvalue weighted by molar-refractivity contribution is 6.53. The Labute approximate surface area is 148 Å². The van der Waals surface area contributed by atoms with Crippen LogP contribution in [0.5, 0.6) is 5.75 Å². The zero-order valence-corrected chi connectivity index (χ0v) is 13.9. The smallest absolute Gasteiger partial charge is 0.339 e. The van der Waals surface area contributed by atoms with Gasteiger partial charge in [-0.1, -0.05) is 6.08 Å². The number of ether oxygens (including phenoxy) is 1. The first-order valence-electron chi connectivity index (χ1n) is 7.41. The molecule has 1 saturated heterocycles. The van der Waals surface area contributed by atoms with Crippen molar-refractivity contribution in [3.8, 4) is 5.75 Å². The number of methoxy groups -OCH3 is 1. The van der Waals surface area contributed by atoms with Crippen LogP contribution in [-0.4, -0.2) is 54.9 Å². The largest absolute Gasteiger partial charge is 0.497 e. The zero-order valence-electron chi connectivity index (χ0n) is 13.9. The van der Waals surface area contributed by atoms with Gasteiger partial charge in [0.2, 0.25) is 5.91 Å². The van der Waals surface area contributed by atoms with Gasteiger partial charge in [-0.15, -0.1) is 6.58 Å². The standard InChI is InChI=1S/C16H16N4O6/c1-3-8-17-15(24)18-12(21)9-19-13(22)14(23)20(16(19)25)10-4-6-11(26-2)7-5-10/h3-7H,1,8-9H2,2H3,(H2,17,18,21,24). The molecule has 1 aliphatic rings. The number of carbonyl (C=O) groups excluding carboxylic acids is 5. The van der Waals surface area contributed by atoms with Gasteiger partial charge in [0, 0.05) is 6.54 Å². The summed E-state index contributed by atoms with van der Waals surface area (Å²) in [4.78, 5) is 60.8. The van der Waals surface area contributed by atoms with E-state index in [2.05, 4.69) is 11.9 Å². The summed E-state index contributed by atoms with van der Waals surface area (Å²) in [5.41, 5.74) is 0.154. The molecule has 0 aliphatic carbocycles. The summed E-state index contributed by atoms with van der Waals surface area (Å²) >= 11 is 0. The van der Waals surface area contributed by atoms with Crippen LogP contribution in [0.4, 0.5) is 15.3 Å². The van der Waals surface area contributed by atoms with Crippen molar-refractivity contribution >= 4 is 35.5 Å². The third-order valence-corrected chi connectivity index (χ3v) is 3.35. The Morgan fingerprint density at radius 1 is 1.15 bits per heavy atom. The fourth-order valence-corrected chi connectivity index (χ4v) is 2.12. The molecule has 2 rings (SSSR count). The normalized spacial score (nSPS) is 13.7. The molecule has 2 N–H and O–H groups in total. The first-order chi connectivity index (χ1) is 12.4. The molecule has 0 spiro atoms. The minimum absolute atomic E-state index is 0.129. The van der Waals surface area contributed by atoms with Crippen LogP contribution >= 0.6 is 0 Å². The van der Waals surface area contributed by atoms with E-state index in [0.29, 0.717) is 15.5 Å². The van der Waals surface area contributed by atoms with Gasteiger partial charge in [0.25, 0.3) is 0 Å². The van der Waals surface area contributed by atoms with E-state index in [1.807, 2.05) is 5.32 Å². The lowest BCUT2D eigenvalue weighted by atomic mass is 10.3. The molecule has 10 nitrogen and oxygen atoms in total. The summed E-state index contributed by atoms with van der Waals surface area (Å²) in [5.74, 6) is -2.67. The van der Waals surface area contributed by atoms with E-state index in [1.54, 1.807) is 0 Å². The summed E-state index contributed by atoms with van der Waals surface area (Å²) in [7, 11) is 1.45. The number of urea groups is 2. The summed E-state index contributed by atoms with van der Waals surface area (Å²) in [6.07, 6.45) is 1.41. The summed E-state index contributed by atoms with van der Waals surface area (Å²) in [5, 5.41) is 4.24. The van der Waals surface area contributed by atoms with Crippen molar-refractivity contribution in [1.29, 1.82) is 0 Å². The van der Waals surface area contributed by atoms with Gasteiger partial charge in [-0.2, -0.15) is 0 Å². The number of nitrogens with one attached hydrogen (secondary N) is 2. The van der Waals surface area contributed by atoms with E-state index in [4.69, 9.17) is 4.74 Å². The average Bonchev–Trinajstić information content (AvgIpc) is 2.83. The molecule has 0 aromatic heterocycles. The van der Waals surface area contributed by atoms with E-state index in [-0.39, 0.29) is 12.2 Å². The van der Waals surface area contributed by atoms with Gasteiger partial charge in [0.1, 0.15) is 12.3 Å². The predicted molar refractivity (Wildman–Crippen MR) is 89.3 cm³/mol. The Morgan fingerprint density at radius 3 is 2.38 bits per heavy atom. The number of hydrogen-bond acceptors (Lipinski definition) is 6. The number of rotatable bonds is 6. The second-order valence-corrected chi connectivity index (χ2v) is 5.06. The second-order valence-electron chi connectivity index (χ2n) is 5.06. The van der Waals surface area contributed by atoms with Crippen LogP contribution in [0.2, 0.25) is 0 Å². The molecule has 136 valence electrons. The van der Waals surface area contributed by atoms with Crippen LogP contribution in [0, 0.1) is 0 Å². The van der Waals surface area contributed by atoms with Crippen molar-refractivity contribution in [3.63, 3.8) is 0 Å². The number of imide groups is 3. The summed E-state index contributed by atoms with van der Waals surface area (Å²) < 4.78 is 4.98. The topological polar surface area (TPSA) is 125 Å². The van der Waals surface area contributed by atoms with E-state index in [0.717, 1.165) is 0 Å². The summed E-state index contributed by atoms with van der Waals surface area (Å²) in [6, 6.07) is 4.08. The monoisotopic (exact) mass is 360 g/mol. The quantitative estimate of drug-likeness (QED) is 0.418. The Hall–Kier alpha value is -3.69. The third-order valence-electron chi connectivity index (χ3n) is 3.35. The fourth-order valence-electron chi connectivity index (χ4n) is 2.12. The number of hydrogen-bond donors (Lipinski definition) is 2. The molecule has 0 bridgehead atoms. The van der Waals surface area contributed by atoms with Gasteiger partial charge in [0.05, 0.1) is 12.8 Å². The molecule has 0 saturated carbocycles. The highest BCUT2D eigenvalue weighted by atomic mass is 16.5. The van der Waals surface area contributed by atoms with Gasteiger partial charge in [0.15, 0.2) is 0 Å². The minimum atomic E-state index is -1.16. The van der Waals surface area contributed by atoms with Crippen molar-refractivity contribution in [3.05, 3.63) is 36.9 Å². The third kappa shape index (κ3) is 3.86. The van der Waals surface area contributed by atoms with E-state index < -0.39 is 36.3 Å². The van der Waals surface area contributed by atoms with Gasteiger partial charge in [-0.25, -0.2) is 19.4 Å². The highest BCUT2D eigenvalue weighted by Crippen LogP contribution is 2.24. The molecule has 7 amide bonds.